The van der Waals surface area contributed by atoms with Gasteiger partial charge in [0.1, 0.15) is 5.78 Å². The van der Waals surface area contributed by atoms with Gasteiger partial charge in [0.2, 0.25) is 0 Å². The number of benzene rings is 1. The fourth-order valence-electron chi connectivity index (χ4n) is 1.10. The molecule has 1 aromatic rings. The van der Waals surface area contributed by atoms with Crippen molar-refractivity contribution in [2.75, 3.05) is 0 Å². The Balaban J connectivity index is 0.000000557. The molecule has 0 saturated heterocycles. The maximum Gasteiger partial charge on any atom is 0.335 e. The molecule has 0 aliphatic heterocycles. The Labute approximate surface area is 98.7 Å². The van der Waals surface area contributed by atoms with Crippen molar-refractivity contribution in [3.63, 3.8) is 0 Å². The summed E-state index contributed by atoms with van der Waals surface area (Å²) in [6.07, 6.45) is 0. The van der Waals surface area contributed by atoms with Crippen molar-refractivity contribution < 1.29 is 24.6 Å². The highest BCUT2D eigenvalue weighted by molar-refractivity contribution is 5.96. The van der Waals surface area contributed by atoms with Gasteiger partial charge in [0.15, 0.2) is 0 Å². The summed E-state index contributed by atoms with van der Waals surface area (Å²) < 4.78 is 0. The molecule has 0 atom stereocenters. The number of hydrogen-bond acceptors (Lipinski definition) is 3. The van der Waals surface area contributed by atoms with Gasteiger partial charge in [-0.05, 0) is 38.5 Å². The molecular formula is C12H14O5. The van der Waals surface area contributed by atoms with Crippen LogP contribution in [0, 0.1) is 6.92 Å². The Kier molecular flexibility index (Phi) is 5.60. The van der Waals surface area contributed by atoms with Gasteiger partial charge in [0, 0.05) is 0 Å². The van der Waals surface area contributed by atoms with Crippen LogP contribution in [0.25, 0.3) is 0 Å². The monoisotopic (exact) mass is 238 g/mol. The molecule has 5 heteroatoms. The highest BCUT2D eigenvalue weighted by Gasteiger charge is 2.13. The Morgan fingerprint density at radius 1 is 0.941 bits per heavy atom. The highest BCUT2D eigenvalue weighted by atomic mass is 16.4. The number of carbonyl (C=O) groups is 3. The number of carboxylic acids is 2. The van der Waals surface area contributed by atoms with E-state index < -0.39 is 11.9 Å². The van der Waals surface area contributed by atoms with Gasteiger partial charge in [0.05, 0.1) is 11.1 Å². The fraction of sp³-hybridized carbons (Fsp3) is 0.250. The molecule has 0 aromatic heterocycles. The Bertz CT molecular complexity index is 412. The lowest BCUT2D eigenvalue weighted by Gasteiger charge is -2.03. The number of carbonyl (C=O) groups excluding carboxylic acids is 1. The van der Waals surface area contributed by atoms with Gasteiger partial charge >= 0.3 is 11.9 Å². The van der Waals surface area contributed by atoms with Crippen molar-refractivity contribution in [2.45, 2.75) is 20.8 Å². The number of rotatable bonds is 2. The third-order valence-electron chi connectivity index (χ3n) is 1.79. The summed E-state index contributed by atoms with van der Waals surface area (Å²) in [5.74, 6) is -2.05. The molecule has 17 heavy (non-hydrogen) atoms. The third-order valence-corrected chi connectivity index (χ3v) is 1.79. The van der Waals surface area contributed by atoms with Crippen molar-refractivity contribution in [1.29, 1.82) is 0 Å². The van der Waals surface area contributed by atoms with E-state index in [0.717, 1.165) is 0 Å². The van der Waals surface area contributed by atoms with Crippen LogP contribution in [0.4, 0.5) is 0 Å². The summed E-state index contributed by atoms with van der Waals surface area (Å²) in [6.45, 7) is 4.53. The van der Waals surface area contributed by atoms with E-state index in [1.54, 1.807) is 0 Å². The van der Waals surface area contributed by atoms with Crippen molar-refractivity contribution in [1.82, 2.24) is 0 Å². The molecule has 0 unspecified atom stereocenters. The van der Waals surface area contributed by atoms with Gasteiger partial charge in [-0.2, -0.15) is 0 Å². The minimum atomic E-state index is -1.11. The first-order chi connectivity index (χ1) is 7.77. The van der Waals surface area contributed by atoms with E-state index >= 15 is 0 Å². The minimum absolute atomic E-state index is 0.0277. The third kappa shape index (κ3) is 4.92. The van der Waals surface area contributed by atoms with Gasteiger partial charge in [-0.15, -0.1) is 0 Å². The zero-order valence-electron chi connectivity index (χ0n) is 9.85. The molecule has 0 aliphatic rings. The van der Waals surface area contributed by atoms with Crippen molar-refractivity contribution >= 4 is 17.7 Å². The second kappa shape index (κ2) is 6.42. The van der Waals surface area contributed by atoms with E-state index in [1.807, 2.05) is 0 Å². The lowest BCUT2D eigenvalue weighted by molar-refractivity contribution is -0.115. The first-order valence-corrected chi connectivity index (χ1v) is 4.80. The summed E-state index contributed by atoms with van der Waals surface area (Å²) >= 11 is 0. The fourth-order valence-corrected chi connectivity index (χ4v) is 1.10. The molecule has 0 fully saturated rings. The van der Waals surface area contributed by atoms with Crippen molar-refractivity contribution in [2.24, 2.45) is 0 Å². The SMILES string of the molecule is CC(C)=O.Cc1c(C(=O)O)cccc1C(=O)O. The standard InChI is InChI=1S/C9H8O4.C3H6O/c1-5-6(8(10)11)3-2-4-7(5)9(12)13;1-3(2)4/h2-4H,1H3,(H,10,11)(H,12,13);1-2H3. The number of carboxylic acid groups (broad SMARTS) is 2. The van der Waals surface area contributed by atoms with E-state index in [2.05, 4.69) is 0 Å². The summed E-state index contributed by atoms with van der Waals surface area (Å²) in [5.41, 5.74) is 0.335. The summed E-state index contributed by atoms with van der Waals surface area (Å²) in [4.78, 5) is 30.7. The van der Waals surface area contributed by atoms with E-state index in [0.29, 0.717) is 0 Å². The average molecular weight is 238 g/mol. The van der Waals surface area contributed by atoms with Crippen LogP contribution in [0.15, 0.2) is 18.2 Å². The van der Waals surface area contributed by atoms with E-state index in [1.165, 1.54) is 39.0 Å². The number of hydrogen-bond donors (Lipinski definition) is 2. The van der Waals surface area contributed by atoms with Gasteiger partial charge in [-0.1, -0.05) is 6.07 Å². The minimum Gasteiger partial charge on any atom is -0.478 e. The van der Waals surface area contributed by atoms with E-state index in [9.17, 15) is 14.4 Å². The van der Waals surface area contributed by atoms with Crippen LogP contribution in [0.3, 0.4) is 0 Å². The van der Waals surface area contributed by atoms with Crippen LogP contribution in [0.5, 0.6) is 0 Å². The Morgan fingerprint density at radius 2 is 1.24 bits per heavy atom. The zero-order chi connectivity index (χ0) is 13.6. The molecule has 92 valence electrons. The number of aromatic carboxylic acids is 2. The number of ketones is 1. The molecule has 1 rings (SSSR count). The van der Waals surface area contributed by atoms with Gasteiger partial charge in [-0.25, -0.2) is 9.59 Å². The Hall–Kier alpha value is -2.17. The Morgan fingerprint density at radius 3 is 1.47 bits per heavy atom. The second-order valence-corrected chi connectivity index (χ2v) is 3.50. The second-order valence-electron chi connectivity index (χ2n) is 3.50. The van der Waals surface area contributed by atoms with Gasteiger partial charge in [-0.3, -0.25) is 0 Å². The van der Waals surface area contributed by atoms with Crippen LogP contribution < -0.4 is 0 Å². The predicted octanol–water partition coefficient (Wildman–Crippen LogP) is 1.99. The molecule has 0 radical (unpaired) electrons. The summed E-state index contributed by atoms with van der Waals surface area (Å²) in [6, 6.07) is 4.17. The van der Waals surface area contributed by atoms with Crippen molar-refractivity contribution in [3.8, 4) is 0 Å². The molecule has 1 aromatic carbocycles. The summed E-state index contributed by atoms with van der Waals surface area (Å²) in [5, 5.41) is 17.4. The average Bonchev–Trinajstić information content (AvgIpc) is 2.15. The number of Topliss-reactive ketones (excluding diaryl/α,β-unsaturated/α-hetero) is 1. The first-order valence-electron chi connectivity index (χ1n) is 4.80. The van der Waals surface area contributed by atoms with Crippen LogP contribution in [0.1, 0.15) is 40.1 Å². The van der Waals surface area contributed by atoms with E-state index in [-0.39, 0.29) is 22.5 Å². The normalized spacial score (nSPS) is 8.88. The highest BCUT2D eigenvalue weighted by Crippen LogP contribution is 2.13. The first kappa shape index (κ1) is 14.8. The molecule has 0 heterocycles. The molecule has 0 amide bonds. The lowest BCUT2D eigenvalue weighted by Crippen LogP contribution is -2.06. The lowest BCUT2D eigenvalue weighted by atomic mass is 10.0. The molecule has 0 saturated carbocycles. The van der Waals surface area contributed by atoms with E-state index in [4.69, 9.17) is 10.2 Å². The van der Waals surface area contributed by atoms with Crippen LogP contribution in [-0.4, -0.2) is 27.9 Å². The van der Waals surface area contributed by atoms with Gasteiger partial charge in [0.25, 0.3) is 0 Å². The topological polar surface area (TPSA) is 91.7 Å². The smallest absolute Gasteiger partial charge is 0.335 e. The van der Waals surface area contributed by atoms with Gasteiger partial charge < -0.3 is 15.0 Å². The molecule has 0 bridgehead atoms. The molecule has 5 nitrogen and oxygen atoms in total. The predicted molar refractivity (Wildman–Crippen MR) is 61.5 cm³/mol. The van der Waals surface area contributed by atoms with Crippen LogP contribution >= 0.6 is 0 Å². The van der Waals surface area contributed by atoms with Crippen LogP contribution in [0.2, 0.25) is 0 Å². The van der Waals surface area contributed by atoms with Crippen molar-refractivity contribution in [3.05, 3.63) is 34.9 Å². The molecule has 2 N–H and O–H groups in total. The van der Waals surface area contributed by atoms with Crippen LogP contribution in [-0.2, 0) is 4.79 Å². The largest absolute Gasteiger partial charge is 0.478 e. The summed E-state index contributed by atoms with van der Waals surface area (Å²) in [7, 11) is 0. The maximum atomic E-state index is 10.6. The quantitative estimate of drug-likeness (QED) is 0.821. The molecular weight excluding hydrogens is 224 g/mol. The maximum absolute atomic E-state index is 10.6. The molecule has 0 aliphatic carbocycles. The molecule has 0 spiro atoms. The zero-order valence-corrected chi connectivity index (χ0v) is 9.85.